The predicted octanol–water partition coefficient (Wildman–Crippen LogP) is 4.12. The molecule has 2 nitrogen and oxygen atoms in total. The molecular formula is C17H19ClO2. The Morgan fingerprint density at radius 1 is 1.10 bits per heavy atom. The van der Waals surface area contributed by atoms with Crippen LogP contribution in [0.4, 0.5) is 0 Å². The number of rotatable bonds is 2. The van der Waals surface area contributed by atoms with Crippen LogP contribution in [-0.4, -0.2) is 11.1 Å². The Labute approximate surface area is 124 Å². The highest BCUT2D eigenvalue weighted by molar-refractivity contribution is 6.30. The highest BCUT2D eigenvalue weighted by Gasteiger charge is 2.57. The number of aliphatic carboxylic acids is 1. The molecule has 1 aromatic carbocycles. The molecule has 4 bridgehead atoms. The van der Waals surface area contributed by atoms with Gasteiger partial charge in [-0.3, -0.25) is 4.79 Å². The minimum absolute atomic E-state index is 0.0908. The fourth-order valence-corrected chi connectivity index (χ4v) is 5.71. The number of carboxylic acids is 1. The summed E-state index contributed by atoms with van der Waals surface area (Å²) in [6.07, 6.45) is 5.61. The van der Waals surface area contributed by atoms with E-state index in [4.69, 9.17) is 11.6 Å². The molecule has 3 heteroatoms. The van der Waals surface area contributed by atoms with Crippen molar-refractivity contribution in [1.82, 2.24) is 0 Å². The third kappa shape index (κ3) is 1.74. The molecule has 0 aliphatic heterocycles. The van der Waals surface area contributed by atoms with E-state index in [0.29, 0.717) is 11.8 Å². The Balaban J connectivity index is 1.72. The minimum atomic E-state index is -0.565. The van der Waals surface area contributed by atoms with E-state index >= 15 is 0 Å². The maximum Gasteiger partial charge on any atom is 0.307 e. The van der Waals surface area contributed by atoms with Gasteiger partial charge in [0.25, 0.3) is 0 Å². The Morgan fingerprint density at radius 3 is 2.25 bits per heavy atom. The van der Waals surface area contributed by atoms with E-state index in [2.05, 4.69) is 12.1 Å². The van der Waals surface area contributed by atoms with Crippen molar-refractivity contribution in [2.45, 2.75) is 37.5 Å². The molecule has 5 rings (SSSR count). The van der Waals surface area contributed by atoms with Crippen LogP contribution >= 0.6 is 11.6 Å². The average molecular weight is 291 g/mol. The van der Waals surface area contributed by atoms with Crippen molar-refractivity contribution >= 4 is 17.6 Å². The van der Waals surface area contributed by atoms with Crippen molar-refractivity contribution in [1.29, 1.82) is 0 Å². The monoisotopic (exact) mass is 290 g/mol. The van der Waals surface area contributed by atoms with Crippen LogP contribution < -0.4 is 0 Å². The zero-order chi connectivity index (χ0) is 13.9. The fraction of sp³-hybridized carbons (Fsp3) is 0.588. The molecule has 4 aliphatic rings. The number of carbonyl (C=O) groups is 1. The van der Waals surface area contributed by atoms with E-state index in [9.17, 15) is 9.90 Å². The highest BCUT2D eigenvalue weighted by atomic mass is 35.5. The van der Waals surface area contributed by atoms with Crippen molar-refractivity contribution < 1.29 is 9.90 Å². The SMILES string of the molecule is O=C(O)C1C2CC3CC1CC(c1ccc(Cl)cc1)(C3)C2. The maximum atomic E-state index is 11.6. The molecule has 2 unspecified atom stereocenters. The summed E-state index contributed by atoms with van der Waals surface area (Å²) < 4.78 is 0. The Morgan fingerprint density at radius 2 is 1.70 bits per heavy atom. The first kappa shape index (κ1) is 12.7. The molecule has 4 saturated carbocycles. The second-order valence-electron chi connectivity index (χ2n) is 7.12. The summed E-state index contributed by atoms with van der Waals surface area (Å²) in [6, 6.07) is 8.27. The summed E-state index contributed by atoms with van der Waals surface area (Å²) in [5, 5.41) is 10.3. The molecular weight excluding hydrogens is 272 g/mol. The number of halogens is 1. The van der Waals surface area contributed by atoms with Crippen molar-refractivity contribution in [2.24, 2.45) is 23.7 Å². The molecule has 0 radical (unpaired) electrons. The summed E-state index contributed by atoms with van der Waals surface area (Å²) in [7, 11) is 0. The van der Waals surface area contributed by atoms with E-state index in [1.165, 1.54) is 12.0 Å². The minimum Gasteiger partial charge on any atom is -0.481 e. The lowest BCUT2D eigenvalue weighted by molar-refractivity contribution is -0.157. The van der Waals surface area contributed by atoms with E-state index in [-0.39, 0.29) is 11.3 Å². The normalized spacial score (nSPS) is 41.9. The molecule has 0 spiro atoms. The van der Waals surface area contributed by atoms with E-state index < -0.39 is 5.97 Å². The van der Waals surface area contributed by atoms with Crippen LogP contribution in [0.3, 0.4) is 0 Å². The van der Waals surface area contributed by atoms with E-state index in [0.717, 1.165) is 36.6 Å². The van der Waals surface area contributed by atoms with Gasteiger partial charge in [-0.1, -0.05) is 23.7 Å². The number of hydrogen-bond donors (Lipinski definition) is 1. The van der Waals surface area contributed by atoms with Gasteiger partial charge in [0.05, 0.1) is 5.92 Å². The van der Waals surface area contributed by atoms with Crippen LogP contribution in [0.2, 0.25) is 5.02 Å². The standard InChI is InChI=1S/C17H19ClO2/c18-14-3-1-13(2-4-14)17-7-10-5-11(8-17)15(16(19)20)12(6-10)9-17/h1-4,10-12,15H,5-9H2,(H,19,20). The lowest BCUT2D eigenvalue weighted by Crippen LogP contribution is -2.54. The summed E-state index contributed by atoms with van der Waals surface area (Å²) in [6.45, 7) is 0. The first-order valence-corrected chi connectivity index (χ1v) is 7.94. The summed E-state index contributed by atoms with van der Waals surface area (Å²) in [5.74, 6) is 0.847. The number of carboxylic acid groups (broad SMARTS) is 1. The second kappa shape index (κ2) is 4.24. The van der Waals surface area contributed by atoms with Crippen LogP contribution in [0.25, 0.3) is 0 Å². The summed E-state index contributed by atoms with van der Waals surface area (Å²) in [4.78, 5) is 11.6. The Hall–Kier alpha value is -1.02. The maximum absolute atomic E-state index is 11.6. The average Bonchev–Trinajstić information content (AvgIpc) is 2.37. The van der Waals surface area contributed by atoms with Gasteiger partial charge in [0.2, 0.25) is 0 Å². The molecule has 4 aliphatic carbocycles. The third-order valence-corrected chi connectivity index (χ3v) is 6.27. The van der Waals surface area contributed by atoms with E-state index in [1.807, 2.05) is 12.1 Å². The molecule has 2 atom stereocenters. The number of hydrogen-bond acceptors (Lipinski definition) is 1. The highest BCUT2D eigenvalue weighted by Crippen LogP contribution is 2.62. The molecule has 1 N–H and O–H groups in total. The molecule has 0 amide bonds. The predicted molar refractivity (Wildman–Crippen MR) is 77.8 cm³/mol. The van der Waals surface area contributed by atoms with Gasteiger partial charge < -0.3 is 5.11 Å². The van der Waals surface area contributed by atoms with Gasteiger partial charge in [0.1, 0.15) is 0 Å². The largest absolute Gasteiger partial charge is 0.481 e. The van der Waals surface area contributed by atoms with Crippen LogP contribution in [0.5, 0.6) is 0 Å². The molecule has 4 fully saturated rings. The van der Waals surface area contributed by atoms with Gasteiger partial charge >= 0.3 is 5.97 Å². The molecule has 0 aromatic heterocycles. The number of benzene rings is 1. The topological polar surface area (TPSA) is 37.3 Å². The van der Waals surface area contributed by atoms with Crippen LogP contribution in [0, 0.1) is 23.7 Å². The van der Waals surface area contributed by atoms with Crippen molar-refractivity contribution in [3.63, 3.8) is 0 Å². The molecule has 1 aromatic rings. The van der Waals surface area contributed by atoms with Crippen LogP contribution in [-0.2, 0) is 10.2 Å². The van der Waals surface area contributed by atoms with Crippen LogP contribution in [0.15, 0.2) is 24.3 Å². The summed E-state index contributed by atoms with van der Waals surface area (Å²) in [5.41, 5.74) is 1.61. The first-order chi connectivity index (χ1) is 9.57. The van der Waals surface area contributed by atoms with Crippen molar-refractivity contribution in [3.8, 4) is 0 Å². The quantitative estimate of drug-likeness (QED) is 0.889. The Bertz CT molecular complexity index is 535. The molecule has 0 saturated heterocycles. The van der Waals surface area contributed by atoms with Gasteiger partial charge in [-0.25, -0.2) is 0 Å². The van der Waals surface area contributed by atoms with Crippen molar-refractivity contribution in [3.05, 3.63) is 34.9 Å². The fourth-order valence-electron chi connectivity index (χ4n) is 5.58. The smallest absolute Gasteiger partial charge is 0.307 e. The van der Waals surface area contributed by atoms with Gasteiger partial charge in [-0.2, -0.15) is 0 Å². The first-order valence-electron chi connectivity index (χ1n) is 7.56. The van der Waals surface area contributed by atoms with Crippen LogP contribution in [0.1, 0.15) is 37.7 Å². The van der Waals surface area contributed by atoms with E-state index in [1.54, 1.807) is 0 Å². The third-order valence-electron chi connectivity index (χ3n) is 6.01. The Kier molecular flexibility index (Phi) is 2.69. The van der Waals surface area contributed by atoms with Crippen molar-refractivity contribution in [2.75, 3.05) is 0 Å². The zero-order valence-corrected chi connectivity index (χ0v) is 12.1. The van der Waals surface area contributed by atoms with Gasteiger partial charge in [0.15, 0.2) is 0 Å². The zero-order valence-electron chi connectivity index (χ0n) is 11.4. The van der Waals surface area contributed by atoms with Gasteiger partial charge in [0, 0.05) is 5.02 Å². The summed E-state index contributed by atoms with van der Waals surface area (Å²) >= 11 is 6.01. The molecule has 0 heterocycles. The van der Waals surface area contributed by atoms with Gasteiger partial charge in [-0.15, -0.1) is 0 Å². The van der Waals surface area contributed by atoms with Gasteiger partial charge in [-0.05, 0) is 73.0 Å². The second-order valence-corrected chi connectivity index (χ2v) is 7.56. The molecule has 106 valence electrons. The molecule has 20 heavy (non-hydrogen) atoms. The lowest BCUT2D eigenvalue weighted by atomic mass is 9.45. The lowest BCUT2D eigenvalue weighted by Gasteiger charge is -2.59.